The van der Waals surface area contributed by atoms with E-state index in [2.05, 4.69) is 35.0 Å². The Morgan fingerprint density at radius 3 is 2.00 bits per heavy atom. The molecule has 2 aromatic carbocycles. The van der Waals surface area contributed by atoms with Crippen LogP contribution in [0.4, 0.5) is 4.39 Å². The van der Waals surface area contributed by atoms with Crippen LogP contribution in [0.2, 0.25) is 0 Å². The molecule has 3 aromatic rings. The summed E-state index contributed by atoms with van der Waals surface area (Å²) in [5.74, 6) is 0.222. The summed E-state index contributed by atoms with van der Waals surface area (Å²) in [5.41, 5.74) is 2.31. The van der Waals surface area contributed by atoms with Crippen molar-refractivity contribution in [2.24, 2.45) is 0 Å². The van der Waals surface area contributed by atoms with Crippen LogP contribution in [0.5, 0.6) is 0 Å². The summed E-state index contributed by atoms with van der Waals surface area (Å²) < 4.78 is 16.2. The highest BCUT2D eigenvalue weighted by atomic mass is 19.1. The number of benzene rings is 2. The Bertz CT molecular complexity index is 1080. The van der Waals surface area contributed by atoms with Crippen LogP contribution < -0.4 is 5.32 Å². The van der Waals surface area contributed by atoms with E-state index in [1.807, 2.05) is 6.07 Å². The summed E-state index contributed by atoms with van der Waals surface area (Å²) in [7, 11) is 0. The molecule has 0 bridgehead atoms. The zero-order valence-corrected chi connectivity index (χ0v) is 23.5. The van der Waals surface area contributed by atoms with Crippen LogP contribution in [-0.4, -0.2) is 22.0 Å². The molecule has 0 aliphatic rings. The molecule has 0 radical (unpaired) electrons. The number of rotatable bonds is 20. The molecule has 0 fully saturated rings. The number of para-hydroxylation sites is 2. The third-order valence-electron chi connectivity index (χ3n) is 7.45. The zero-order chi connectivity index (χ0) is 26.8. The van der Waals surface area contributed by atoms with Crippen molar-refractivity contribution in [2.45, 2.75) is 116 Å². The lowest BCUT2D eigenvalue weighted by Gasteiger charge is -2.10. The molecule has 5 heteroatoms. The van der Waals surface area contributed by atoms with E-state index in [1.54, 1.807) is 12.1 Å². The molecule has 0 saturated carbocycles. The molecule has 38 heavy (non-hydrogen) atoms. The number of imidazole rings is 1. The summed E-state index contributed by atoms with van der Waals surface area (Å²) in [4.78, 5) is 17.1. The first kappa shape index (κ1) is 29.9. The van der Waals surface area contributed by atoms with Gasteiger partial charge in [-0.3, -0.25) is 4.79 Å². The van der Waals surface area contributed by atoms with Crippen LogP contribution in [0.25, 0.3) is 11.0 Å². The van der Waals surface area contributed by atoms with Gasteiger partial charge < -0.3 is 9.88 Å². The Labute approximate surface area is 229 Å². The normalized spacial score (nSPS) is 11.3. The first-order chi connectivity index (χ1) is 18.7. The highest BCUT2D eigenvalue weighted by Gasteiger charge is 2.12. The largest absolute Gasteiger partial charge is 0.352 e. The standard InChI is InChI=1S/C33H48FN3O/c1-2-3-4-5-6-7-8-9-10-11-12-13-14-19-27-37-31-24-18-17-23-30(31)36-32(37)25-20-26-35-33(38)28-21-15-16-22-29(28)34/h15-18,21-24H,2-14,19-20,25-27H2,1H3,(H,35,38). The van der Waals surface area contributed by atoms with Crippen LogP contribution in [0.1, 0.15) is 119 Å². The molecule has 1 aromatic heterocycles. The molecule has 0 aliphatic heterocycles. The minimum absolute atomic E-state index is 0.0949. The van der Waals surface area contributed by atoms with Crippen LogP contribution in [-0.2, 0) is 13.0 Å². The van der Waals surface area contributed by atoms with Crippen LogP contribution in [0.3, 0.4) is 0 Å². The average Bonchev–Trinajstić information content (AvgIpc) is 3.28. The maximum atomic E-state index is 13.8. The van der Waals surface area contributed by atoms with E-state index >= 15 is 0 Å². The van der Waals surface area contributed by atoms with Crippen molar-refractivity contribution in [1.29, 1.82) is 0 Å². The number of halogens is 1. The first-order valence-electron chi connectivity index (χ1n) is 15.2. The molecule has 0 saturated heterocycles. The lowest BCUT2D eigenvalue weighted by atomic mass is 10.0. The smallest absolute Gasteiger partial charge is 0.254 e. The number of fused-ring (bicyclic) bond motifs is 1. The van der Waals surface area contributed by atoms with Crippen LogP contribution >= 0.6 is 0 Å². The second-order valence-electron chi connectivity index (χ2n) is 10.6. The molecular formula is C33H48FN3O. The van der Waals surface area contributed by atoms with E-state index in [0.29, 0.717) is 6.54 Å². The summed E-state index contributed by atoms with van der Waals surface area (Å²) in [6.45, 7) is 3.76. The van der Waals surface area contributed by atoms with Crippen molar-refractivity contribution in [3.05, 3.63) is 65.7 Å². The topological polar surface area (TPSA) is 46.9 Å². The fraction of sp³-hybridized carbons (Fsp3) is 0.576. The Morgan fingerprint density at radius 1 is 0.763 bits per heavy atom. The molecule has 1 amide bonds. The Balaban J connectivity index is 1.32. The van der Waals surface area contributed by atoms with Gasteiger partial charge in [0, 0.05) is 19.5 Å². The number of amides is 1. The van der Waals surface area contributed by atoms with Gasteiger partial charge in [0.15, 0.2) is 0 Å². The number of carbonyl (C=O) groups excluding carboxylic acids is 1. The first-order valence-corrected chi connectivity index (χ1v) is 15.2. The van der Waals surface area contributed by atoms with Gasteiger partial charge in [-0.1, -0.05) is 115 Å². The maximum absolute atomic E-state index is 13.8. The summed E-state index contributed by atoms with van der Waals surface area (Å²) in [5, 5.41) is 2.85. The number of hydrogen-bond donors (Lipinski definition) is 1. The van der Waals surface area contributed by atoms with Gasteiger partial charge in [-0.2, -0.15) is 0 Å². The lowest BCUT2D eigenvalue weighted by Crippen LogP contribution is -2.25. The van der Waals surface area contributed by atoms with Crippen molar-refractivity contribution < 1.29 is 9.18 Å². The highest BCUT2D eigenvalue weighted by molar-refractivity contribution is 5.94. The van der Waals surface area contributed by atoms with Crippen molar-refractivity contribution in [1.82, 2.24) is 14.9 Å². The van der Waals surface area contributed by atoms with Gasteiger partial charge in [-0.15, -0.1) is 0 Å². The van der Waals surface area contributed by atoms with Crippen molar-refractivity contribution >= 4 is 16.9 Å². The van der Waals surface area contributed by atoms with Crippen LogP contribution in [0.15, 0.2) is 48.5 Å². The Hall–Kier alpha value is -2.69. The second-order valence-corrected chi connectivity index (χ2v) is 10.6. The molecule has 0 spiro atoms. The summed E-state index contributed by atoms with van der Waals surface area (Å²) in [6.07, 6.45) is 20.6. The number of unbranched alkanes of at least 4 members (excludes halogenated alkanes) is 13. The number of aromatic nitrogens is 2. The molecule has 0 aliphatic carbocycles. The summed E-state index contributed by atoms with van der Waals surface area (Å²) >= 11 is 0. The number of nitrogens with zero attached hydrogens (tertiary/aromatic N) is 2. The highest BCUT2D eigenvalue weighted by Crippen LogP contribution is 2.19. The third-order valence-corrected chi connectivity index (χ3v) is 7.45. The molecule has 1 N–H and O–H groups in total. The van der Waals surface area contributed by atoms with Crippen molar-refractivity contribution in [2.75, 3.05) is 6.54 Å². The quantitative estimate of drug-likeness (QED) is 0.151. The van der Waals surface area contributed by atoms with E-state index in [9.17, 15) is 9.18 Å². The fourth-order valence-electron chi connectivity index (χ4n) is 5.22. The molecule has 208 valence electrons. The number of nitrogens with one attached hydrogen (secondary N) is 1. The molecule has 0 atom stereocenters. The SMILES string of the molecule is CCCCCCCCCCCCCCCCn1c(CCCNC(=O)c2ccccc2F)nc2ccccc21. The van der Waals surface area contributed by atoms with Gasteiger partial charge in [0.25, 0.3) is 5.91 Å². The summed E-state index contributed by atoms with van der Waals surface area (Å²) in [6, 6.07) is 14.4. The van der Waals surface area contributed by atoms with Crippen molar-refractivity contribution in [3.63, 3.8) is 0 Å². The number of aryl methyl sites for hydroxylation is 2. The molecular weight excluding hydrogens is 473 g/mol. The van der Waals surface area contributed by atoms with Gasteiger partial charge in [-0.05, 0) is 37.1 Å². The number of carbonyl (C=O) groups is 1. The van der Waals surface area contributed by atoms with Crippen molar-refractivity contribution in [3.8, 4) is 0 Å². The molecule has 0 unspecified atom stereocenters. The van der Waals surface area contributed by atoms with E-state index in [0.717, 1.165) is 37.1 Å². The van der Waals surface area contributed by atoms with Gasteiger partial charge >= 0.3 is 0 Å². The lowest BCUT2D eigenvalue weighted by molar-refractivity contribution is 0.0949. The van der Waals surface area contributed by atoms with E-state index < -0.39 is 5.82 Å². The zero-order valence-electron chi connectivity index (χ0n) is 23.5. The Kier molecular flexibility index (Phi) is 13.9. The van der Waals surface area contributed by atoms with E-state index in [1.165, 1.54) is 101 Å². The predicted molar refractivity (Wildman–Crippen MR) is 157 cm³/mol. The third kappa shape index (κ3) is 10.2. The second kappa shape index (κ2) is 17.8. The number of hydrogen-bond acceptors (Lipinski definition) is 2. The van der Waals surface area contributed by atoms with E-state index in [-0.39, 0.29) is 11.5 Å². The molecule has 4 nitrogen and oxygen atoms in total. The minimum atomic E-state index is -0.486. The fourth-order valence-corrected chi connectivity index (χ4v) is 5.22. The van der Waals surface area contributed by atoms with Gasteiger partial charge in [-0.25, -0.2) is 9.37 Å². The Morgan fingerprint density at radius 2 is 1.34 bits per heavy atom. The minimum Gasteiger partial charge on any atom is -0.352 e. The van der Waals surface area contributed by atoms with Gasteiger partial charge in [0.2, 0.25) is 0 Å². The molecule has 1 heterocycles. The van der Waals surface area contributed by atoms with E-state index in [4.69, 9.17) is 4.98 Å². The average molecular weight is 522 g/mol. The monoisotopic (exact) mass is 521 g/mol. The van der Waals surface area contributed by atoms with Gasteiger partial charge in [0.1, 0.15) is 11.6 Å². The molecule has 3 rings (SSSR count). The van der Waals surface area contributed by atoms with Crippen LogP contribution in [0, 0.1) is 5.82 Å². The van der Waals surface area contributed by atoms with Gasteiger partial charge in [0.05, 0.1) is 16.6 Å². The predicted octanol–water partition coefficient (Wildman–Crippen LogP) is 9.02. The maximum Gasteiger partial charge on any atom is 0.254 e.